The molecule has 0 bridgehead atoms. The molecule has 0 atom stereocenters. The molecule has 21 heavy (non-hydrogen) atoms. The molecule has 1 heterocycles. The molecule has 1 fully saturated rings. The van der Waals surface area contributed by atoms with Crippen LogP contribution in [-0.2, 0) is 4.79 Å². The van der Waals surface area contributed by atoms with E-state index in [2.05, 4.69) is 0 Å². The molecule has 1 amide bonds. The number of amides is 1. The van der Waals surface area contributed by atoms with Crippen molar-refractivity contribution in [3.63, 3.8) is 0 Å². The van der Waals surface area contributed by atoms with E-state index in [1.54, 1.807) is 4.90 Å². The highest BCUT2D eigenvalue weighted by molar-refractivity contribution is 8.27. The Morgan fingerprint density at radius 2 is 1.86 bits per heavy atom. The van der Waals surface area contributed by atoms with Crippen LogP contribution in [0.25, 0.3) is 6.08 Å². The van der Waals surface area contributed by atoms with Gasteiger partial charge in [-0.1, -0.05) is 66.4 Å². The number of thiocarbonyl (C=S) groups is 1. The molecule has 0 spiro atoms. The maximum absolute atomic E-state index is 12.6. The zero-order chi connectivity index (χ0) is 14.8. The number of thioether (sulfide) groups is 1. The molecule has 104 valence electrons. The molecule has 2 aromatic carbocycles. The summed E-state index contributed by atoms with van der Waals surface area (Å²) in [4.78, 5) is 14.8. The highest BCUT2D eigenvalue weighted by Crippen LogP contribution is 2.36. The molecular weight excluding hydrogens is 298 g/mol. The van der Waals surface area contributed by atoms with Gasteiger partial charge in [-0.2, -0.15) is 0 Å². The Hall–Kier alpha value is -1.91. The minimum atomic E-state index is -0.0561. The summed E-state index contributed by atoms with van der Waals surface area (Å²) in [6.45, 7) is 2.00. The maximum Gasteiger partial charge on any atom is 0.270 e. The van der Waals surface area contributed by atoms with Crippen molar-refractivity contribution in [2.24, 2.45) is 0 Å². The van der Waals surface area contributed by atoms with Crippen molar-refractivity contribution < 1.29 is 4.79 Å². The van der Waals surface area contributed by atoms with Crippen molar-refractivity contribution in [3.8, 4) is 0 Å². The van der Waals surface area contributed by atoms with Crippen molar-refractivity contribution in [1.82, 2.24) is 0 Å². The standard InChI is InChI=1S/C17H13NOS2/c1-12-6-5-9-14(10-12)18-16(19)15(21-17(18)20)11-13-7-3-2-4-8-13/h2-11H,1H3. The Bertz CT molecular complexity index is 737. The molecule has 2 nitrogen and oxygen atoms in total. The predicted molar refractivity (Wildman–Crippen MR) is 93.3 cm³/mol. The molecule has 1 aliphatic rings. The fraction of sp³-hybridized carbons (Fsp3) is 0.0588. The van der Waals surface area contributed by atoms with Gasteiger partial charge in [-0.25, -0.2) is 0 Å². The Morgan fingerprint density at radius 1 is 1.10 bits per heavy atom. The minimum absolute atomic E-state index is 0.0561. The van der Waals surface area contributed by atoms with Gasteiger partial charge in [0.15, 0.2) is 4.32 Å². The number of benzene rings is 2. The van der Waals surface area contributed by atoms with E-state index in [4.69, 9.17) is 12.2 Å². The third kappa shape index (κ3) is 2.91. The van der Waals surface area contributed by atoms with Gasteiger partial charge >= 0.3 is 0 Å². The maximum atomic E-state index is 12.6. The van der Waals surface area contributed by atoms with Crippen molar-refractivity contribution in [3.05, 3.63) is 70.6 Å². The summed E-state index contributed by atoms with van der Waals surface area (Å²) in [6, 6.07) is 17.6. The summed E-state index contributed by atoms with van der Waals surface area (Å²) in [5.74, 6) is -0.0561. The van der Waals surface area contributed by atoms with Gasteiger partial charge in [0.1, 0.15) is 0 Å². The monoisotopic (exact) mass is 311 g/mol. The Kier molecular flexibility index (Phi) is 3.90. The predicted octanol–water partition coefficient (Wildman–Crippen LogP) is 4.40. The number of carbonyl (C=O) groups excluding carboxylic acids is 1. The molecular formula is C17H13NOS2. The lowest BCUT2D eigenvalue weighted by Gasteiger charge is -2.14. The summed E-state index contributed by atoms with van der Waals surface area (Å²) in [7, 11) is 0. The number of nitrogens with zero attached hydrogens (tertiary/aromatic N) is 1. The van der Waals surface area contributed by atoms with Gasteiger partial charge in [-0.05, 0) is 36.3 Å². The number of hydrogen-bond acceptors (Lipinski definition) is 3. The zero-order valence-electron chi connectivity index (χ0n) is 11.4. The molecule has 0 radical (unpaired) electrons. The van der Waals surface area contributed by atoms with Crippen LogP contribution >= 0.6 is 24.0 Å². The van der Waals surface area contributed by atoms with Crippen LogP contribution in [0.1, 0.15) is 11.1 Å². The first-order valence-electron chi connectivity index (χ1n) is 6.55. The van der Waals surface area contributed by atoms with Crippen LogP contribution in [-0.4, -0.2) is 10.2 Å². The van der Waals surface area contributed by atoms with E-state index in [1.165, 1.54) is 11.8 Å². The Balaban J connectivity index is 1.94. The molecule has 0 N–H and O–H groups in total. The van der Waals surface area contributed by atoms with Crippen LogP contribution in [0.4, 0.5) is 5.69 Å². The number of anilines is 1. The van der Waals surface area contributed by atoms with Crippen molar-refractivity contribution in [2.75, 3.05) is 4.90 Å². The number of rotatable bonds is 2. The van der Waals surface area contributed by atoms with Gasteiger partial charge in [0.05, 0.1) is 10.6 Å². The van der Waals surface area contributed by atoms with Crippen LogP contribution in [0.15, 0.2) is 59.5 Å². The number of hydrogen-bond donors (Lipinski definition) is 0. The first kappa shape index (κ1) is 14.0. The van der Waals surface area contributed by atoms with Gasteiger partial charge in [0.2, 0.25) is 0 Å². The highest BCUT2D eigenvalue weighted by Gasteiger charge is 2.33. The summed E-state index contributed by atoms with van der Waals surface area (Å²) in [5.41, 5.74) is 2.93. The van der Waals surface area contributed by atoms with Gasteiger partial charge in [0.25, 0.3) is 5.91 Å². The van der Waals surface area contributed by atoms with Gasteiger partial charge < -0.3 is 0 Å². The second kappa shape index (κ2) is 5.84. The molecule has 3 rings (SSSR count). The van der Waals surface area contributed by atoms with Crippen LogP contribution in [0.2, 0.25) is 0 Å². The quantitative estimate of drug-likeness (QED) is 0.605. The Morgan fingerprint density at radius 3 is 2.57 bits per heavy atom. The normalized spacial score (nSPS) is 16.8. The third-order valence-electron chi connectivity index (χ3n) is 3.15. The topological polar surface area (TPSA) is 20.3 Å². The molecule has 0 unspecified atom stereocenters. The molecule has 1 saturated heterocycles. The van der Waals surface area contributed by atoms with Crippen molar-refractivity contribution in [2.45, 2.75) is 6.92 Å². The smallest absolute Gasteiger partial charge is 0.268 e. The van der Waals surface area contributed by atoms with Crippen LogP contribution in [0, 0.1) is 6.92 Å². The lowest BCUT2D eigenvalue weighted by atomic mass is 10.2. The molecule has 0 aliphatic carbocycles. The van der Waals surface area contributed by atoms with Crippen LogP contribution in [0.3, 0.4) is 0 Å². The molecule has 1 aliphatic heterocycles. The van der Waals surface area contributed by atoms with Crippen molar-refractivity contribution >= 4 is 46.0 Å². The lowest BCUT2D eigenvalue weighted by Crippen LogP contribution is -2.27. The first-order chi connectivity index (χ1) is 10.1. The lowest BCUT2D eigenvalue weighted by molar-refractivity contribution is -0.113. The van der Waals surface area contributed by atoms with Crippen LogP contribution < -0.4 is 4.90 Å². The van der Waals surface area contributed by atoms with Gasteiger partial charge in [-0.3, -0.25) is 9.69 Å². The Labute approximate surface area is 133 Å². The van der Waals surface area contributed by atoms with E-state index in [0.717, 1.165) is 16.8 Å². The van der Waals surface area contributed by atoms with E-state index in [-0.39, 0.29) is 5.91 Å². The van der Waals surface area contributed by atoms with E-state index in [9.17, 15) is 4.79 Å². The number of carbonyl (C=O) groups is 1. The third-order valence-corrected chi connectivity index (χ3v) is 4.45. The molecule has 0 aromatic heterocycles. The first-order valence-corrected chi connectivity index (χ1v) is 7.77. The summed E-state index contributed by atoms with van der Waals surface area (Å²) in [5, 5.41) is 0. The highest BCUT2D eigenvalue weighted by atomic mass is 32.2. The van der Waals surface area contributed by atoms with E-state index < -0.39 is 0 Å². The average molecular weight is 311 g/mol. The largest absolute Gasteiger partial charge is 0.270 e. The average Bonchev–Trinajstić information content (AvgIpc) is 2.74. The fourth-order valence-electron chi connectivity index (χ4n) is 2.16. The molecule has 0 saturated carbocycles. The van der Waals surface area contributed by atoms with Crippen molar-refractivity contribution in [1.29, 1.82) is 0 Å². The fourth-order valence-corrected chi connectivity index (χ4v) is 3.46. The van der Waals surface area contributed by atoms with Gasteiger partial charge in [-0.15, -0.1) is 0 Å². The second-order valence-electron chi connectivity index (χ2n) is 4.77. The summed E-state index contributed by atoms with van der Waals surface area (Å²) >= 11 is 6.71. The van der Waals surface area contributed by atoms with E-state index >= 15 is 0 Å². The second-order valence-corrected chi connectivity index (χ2v) is 6.44. The van der Waals surface area contributed by atoms with Crippen LogP contribution in [0.5, 0.6) is 0 Å². The van der Waals surface area contributed by atoms with E-state index in [1.807, 2.05) is 67.6 Å². The summed E-state index contributed by atoms with van der Waals surface area (Å²) < 4.78 is 0.577. The molecule has 4 heteroatoms. The van der Waals surface area contributed by atoms with E-state index in [0.29, 0.717) is 9.23 Å². The van der Waals surface area contributed by atoms with Gasteiger partial charge in [0, 0.05) is 0 Å². The summed E-state index contributed by atoms with van der Waals surface area (Å²) in [6.07, 6.45) is 1.88. The zero-order valence-corrected chi connectivity index (χ0v) is 13.1. The number of aryl methyl sites for hydroxylation is 1. The minimum Gasteiger partial charge on any atom is -0.268 e. The molecule has 2 aromatic rings. The SMILES string of the molecule is Cc1cccc(N2C(=O)C(=Cc3ccccc3)SC2=S)c1.